The molecule has 5 nitrogen and oxygen atoms in total. The zero-order valence-corrected chi connectivity index (χ0v) is 12.3. The van der Waals surface area contributed by atoms with Crippen molar-refractivity contribution in [1.29, 1.82) is 0 Å². The predicted molar refractivity (Wildman–Crippen MR) is 79.5 cm³/mol. The molecule has 2 aliphatic heterocycles. The van der Waals surface area contributed by atoms with Crippen LogP contribution in [0.3, 0.4) is 0 Å². The molecule has 112 valence electrons. The van der Waals surface area contributed by atoms with Gasteiger partial charge in [-0.25, -0.2) is 0 Å². The van der Waals surface area contributed by atoms with Crippen LogP contribution in [0.4, 0.5) is 0 Å². The zero-order valence-electron chi connectivity index (χ0n) is 11.5. The van der Waals surface area contributed by atoms with Crippen LogP contribution >= 0.6 is 11.6 Å². The summed E-state index contributed by atoms with van der Waals surface area (Å²) < 4.78 is 5.47. The van der Waals surface area contributed by atoms with Crippen LogP contribution in [0.15, 0.2) is 29.4 Å². The number of hydrogen-bond donors (Lipinski definition) is 1. The van der Waals surface area contributed by atoms with E-state index in [1.54, 1.807) is 6.07 Å². The molecule has 1 fully saturated rings. The Morgan fingerprint density at radius 3 is 3.05 bits per heavy atom. The van der Waals surface area contributed by atoms with E-state index in [2.05, 4.69) is 10.5 Å². The Morgan fingerprint density at radius 1 is 1.43 bits per heavy atom. The van der Waals surface area contributed by atoms with E-state index in [1.165, 1.54) is 0 Å². The molecule has 1 aromatic rings. The highest BCUT2D eigenvalue weighted by atomic mass is 35.5. The Labute approximate surface area is 128 Å². The summed E-state index contributed by atoms with van der Waals surface area (Å²) in [5, 5.41) is 7.46. The quantitative estimate of drug-likeness (QED) is 0.927. The van der Waals surface area contributed by atoms with Gasteiger partial charge >= 0.3 is 0 Å². The van der Waals surface area contributed by atoms with Crippen molar-refractivity contribution in [1.82, 2.24) is 5.32 Å². The van der Waals surface area contributed by atoms with E-state index in [0.717, 1.165) is 25.0 Å². The summed E-state index contributed by atoms with van der Waals surface area (Å²) in [6.45, 7) is 1.31. The van der Waals surface area contributed by atoms with Gasteiger partial charge in [-0.3, -0.25) is 4.79 Å². The Kier molecular flexibility index (Phi) is 4.41. The van der Waals surface area contributed by atoms with Gasteiger partial charge in [0.05, 0.1) is 11.8 Å². The molecule has 0 radical (unpaired) electrons. The fourth-order valence-corrected chi connectivity index (χ4v) is 2.75. The van der Waals surface area contributed by atoms with Crippen molar-refractivity contribution in [2.75, 3.05) is 13.2 Å². The van der Waals surface area contributed by atoms with E-state index >= 15 is 0 Å². The van der Waals surface area contributed by atoms with Gasteiger partial charge in [0.1, 0.15) is 0 Å². The number of nitrogens with one attached hydrogen (secondary N) is 1. The van der Waals surface area contributed by atoms with E-state index in [4.69, 9.17) is 21.2 Å². The summed E-state index contributed by atoms with van der Waals surface area (Å²) in [6.07, 6.45) is 2.02. The summed E-state index contributed by atoms with van der Waals surface area (Å²) in [4.78, 5) is 17.3. The maximum absolute atomic E-state index is 12.1. The van der Waals surface area contributed by atoms with Crippen LogP contribution in [-0.4, -0.2) is 37.0 Å². The maximum Gasteiger partial charge on any atom is 0.264 e. The first kappa shape index (κ1) is 14.4. The van der Waals surface area contributed by atoms with Gasteiger partial charge in [-0.2, -0.15) is 0 Å². The van der Waals surface area contributed by atoms with Crippen LogP contribution in [0.2, 0.25) is 5.02 Å². The molecular formula is C15H17ClN2O3. The van der Waals surface area contributed by atoms with Crippen LogP contribution in [0.1, 0.15) is 24.8 Å². The third-order valence-corrected chi connectivity index (χ3v) is 4.00. The van der Waals surface area contributed by atoms with Gasteiger partial charge in [0, 0.05) is 30.2 Å². The lowest BCUT2D eigenvalue weighted by Crippen LogP contribution is -2.39. The molecule has 0 saturated carbocycles. The highest BCUT2D eigenvalue weighted by Crippen LogP contribution is 2.23. The lowest BCUT2D eigenvalue weighted by Gasteiger charge is -2.13. The van der Waals surface area contributed by atoms with Crippen molar-refractivity contribution >= 4 is 23.2 Å². The molecule has 0 unspecified atom stereocenters. The molecule has 1 saturated heterocycles. The van der Waals surface area contributed by atoms with Crippen molar-refractivity contribution in [3.8, 4) is 0 Å². The molecule has 2 aliphatic rings. The van der Waals surface area contributed by atoms with Crippen molar-refractivity contribution in [2.45, 2.75) is 31.5 Å². The Bertz CT molecular complexity index is 556. The maximum atomic E-state index is 12.1. The SMILES string of the molecule is O=C(NC[C@H]1CCCO1)[C@@H]1CC(c2ccccc2Cl)=NO1. The third kappa shape index (κ3) is 3.36. The van der Waals surface area contributed by atoms with Gasteiger partial charge in [0.2, 0.25) is 6.10 Å². The third-order valence-electron chi connectivity index (χ3n) is 3.67. The minimum Gasteiger partial charge on any atom is -0.382 e. The molecule has 0 spiro atoms. The fourth-order valence-electron chi connectivity index (χ4n) is 2.51. The molecular weight excluding hydrogens is 292 g/mol. The number of rotatable bonds is 4. The average molecular weight is 309 g/mol. The number of amides is 1. The van der Waals surface area contributed by atoms with Crippen molar-refractivity contribution in [2.24, 2.45) is 5.16 Å². The van der Waals surface area contributed by atoms with Gasteiger partial charge in [-0.1, -0.05) is 35.0 Å². The second kappa shape index (κ2) is 6.45. The van der Waals surface area contributed by atoms with Crippen LogP contribution in [0.25, 0.3) is 0 Å². The van der Waals surface area contributed by atoms with E-state index in [-0.39, 0.29) is 12.0 Å². The van der Waals surface area contributed by atoms with Crippen molar-refractivity contribution in [3.63, 3.8) is 0 Å². The van der Waals surface area contributed by atoms with Gasteiger partial charge in [-0.05, 0) is 18.9 Å². The van der Waals surface area contributed by atoms with Crippen LogP contribution in [0, 0.1) is 0 Å². The van der Waals surface area contributed by atoms with Gasteiger partial charge < -0.3 is 14.9 Å². The lowest BCUT2D eigenvalue weighted by molar-refractivity contribution is -0.131. The zero-order chi connectivity index (χ0) is 14.7. The summed E-state index contributed by atoms with van der Waals surface area (Å²) in [5.41, 5.74) is 1.52. The van der Waals surface area contributed by atoms with Gasteiger partial charge in [0.25, 0.3) is 5.91 Å². The number of nitrogens with zero attached hydrogens (tertiary/aromatic N) is 1. The Balaban J connectivity index is 1.53. The minimum atomic E-state index is -0.585. The van der Waals surface area contributed by atoms with Gasteiger partial charge in [0.15, 0.2) is 0 Å². The van der Waals surface area contributed by atoms with E-state index in [9.17, 15) is 4.79 Å². The molecule has 6 heteroatoms. The number of benzene rings is 1. The first-order valence-corrected chi connectivity index (χ1v) is 7.49. The standard InChI is InChI=1S/C15H17ClN2O3/c16-12-6-2-1-5-11(12)13-8-14(21-18-13)15(19)17-9-10-4-3-7-20-10/h1-2,5-6,10,14H,3-4,7-9H2,(H,17,19)/t10-,14+/m1/s1. The van der Waals surface area contributed by atoms with Crippen molar-refractivity contribution < 1.29 is 14.4 Å². The molecule has 3 rings (SSSR count). The molecule has 2 heterocycles. The number of ether oxygens (including phenoxy) is 1. The molecule has 21 heavy (non-hydrogen) atoms. The second-order valence-corrected chi connectivity index (χ2v) is 5.60. The molecule has 0 bridgehead atoms. The Morgan fingerprint density at radius 2 is 2.29 bits per heavy atom. The molecule has 1 N–H and O–H groups in total. The number of carbonyl (C=O) groups excluding carboxylic acids is 1. The highest BCUT2D eigenvalue weighted by molar-refractivity contribution is 6.34. The molecule has 1 amide bonds. The van der Waals surface area contributed by atoms with Gasteiger partial charge in [-0.15, -0.1) is 0 Å². The largest absolute Gasteiger partial charge is 0.382 e. The van der Waals surface area contributed by atoms with E-state index in [1.807, 2.05) is 18.2 Å². The Hall–Kier alpha value is -1.59. The number of halogens is 1. The summed E-state index contributed by atoms with van der Waals surface area (Å²) in [5.74, 6) is -0.156. The molecule has 2 atom stereocenters. The summed E-state index contributed by atoms with van der Waals surface area (Å²) in [7, 11) is 0. The summed E-state index contributed by atoms with van der Waals surface area (Å²) >= 11 is 6.13. The molecule has 0 aromatic heterocycles. The lowest BCUT2D eigenvalue weighted by atomic mass is 10.0. The number of carbonyl (C=O) groups is 1. The normalized spacial score (nSPS) is 24.5. The average Bonchev–Trinajstić information content (AvgIpc) is 3.17. The fraction of sp³-hybridized carbons (Fsp3) is 0.467. The molecule has 1 aromatic carbocycles. The first-order valence-electron chi connectivity index (χ1n) is 7.11. The smallest absolute Gasteiger partial charge is 0.264 e. The van der Waals surface area contributed by atoms with E-state index in [0.29, 0.717) is 23.7 Å². The van der Waals surface area contributed by atoms with E-state index < -0.39 is 6.10 Å². The number of oxime groups is 1. The topological polar surface area (TPSA) is 59.9 Å². The van der Waals surface area contributed by atoms with Crippen LogP contribution in [0.5, 0.6) is 0 Å². The predicted octanol–water partition coefficient (Wildman–Crippen LogP) is 2.13. The van der Waals surface area contributed by atoms with Crippen molar-refractivity contribution in [3.05, 3.63) is 34.9 Å². The number of hydrogen-bond acceptors (Lipinski definition) is 4. The summed E-state index contributed by atoms with van der Waals surface area (Å²) in [6, 6.07) is 7.41. The molecule has 0 aliphatic carbocycles. The van der Waals surface area contributed by atoms with Crippen LogP contribution in [-0.2, 0) is 14.4 Å². The monoisotopic (exact) mass is 308 g/mol. The first-order chi connectivity index (χ1) is 10.2. The second-order valence-electron chi connectivity index (χ2n) is 5.20. The minimum absolute atomic E-state index is 0.124. The highest BCUT2D eigenvalue weighted by Gasteiger charge is 2.30. The van der Waals surface area contributed by atoms with Crippen LogP contribution < -0.4 is 5.32 Å².